The summed E-state index contributed by atoms with van der Waals surface area (Å²) in [5.41, 5.74) is 3.37. The van der Waals surface area contributed by atoms with Crippen molar-refractivity contribution in [1.29, 1.82) is 0 Å². The van der Waals surface area contributed by atoms with Crippen molar-refractivity contribution in [2.75, 3.05) is 5.32 Å². The van der Waals surface area contributed by atoms with Gasteiger partial charge >= 0.3 is 6.03 Å². The number of urea groups is 1. The highest BCUT2D eigenvalue weighted by Crippen LogP contribution is 2.19. The molecule has 3 aromatic rings. The van der Waals surface area contributed by atoms with Crippen LogP contribution in [0.25, 0.3) is 11.0 Å². The van der Waals surface area contributed by atoms with Gasteiger partial charge in [-0.25, -0.2) is 9.78 Å². The van der Waals surface area contributed by atoms with Gasteiger partial charge in [-0.15, -0.1) is 0 Å². The summed E-state index contributed by atoms with van der Waals surface area (Å²) in [7, 11) is 0. The number of anilines is 1. The average Bonchev–Trinajstić information content (AvgIpc) is 2.87. The number of fused-ring (bicyclic) bond motifs is 1. The maximum absolute atomic E-state index is 11.9. The molecule has 2 aromatic heterocycles. The van der Waals surface area contributed by atoms with Crippen LogP contribution >= 0.6 is 0 Å². The molecule has 6 nitrogen and oxygen atoms in total. The van der Waals surface area contributed by atoms with E-state index in [1.807, 2.05) is 44.2 Å². The van der Waals surface area contributed by atoms with E-state index >= 15 is 0 Å². The van der Waals surface area contributed by atoms with Crippen molar-refractivity contribution in [3.63, 3.8) is 0 Å². The van der Waals surface area contributed by atoms with Gasteiger partial charge in [-0.05, 0) is 38.1 Å². The maximum atomic E-state index is 11.9. The lowest BCUT2D eigenvalue weighted by Crippen LogP contribution is -2.28. The highest BCUT2D eigenvalue weighted by molar-refractivity contribution is 5.88. The molecular weight excluding hydrogens is 280 g/mol. The molecule has 2 amide bonds. The van der Waals surface area contributed by atoms with Crippen LogP contribution in [0.5, 0.6) is 0 Å². The molecule has 0 bridgehead atoms. The summed E-state index contributed by atoms with van der Waals surface area (Å²) in [4.78, 5) is 16.1. The SMILES string of the molecule is Cc1ccc2onc(CNC(=O)Nc3cccc(C)n3)c2c1. The van der Waals surface area contributed by atoms with E-state index in [2.05, 4.69) is 20.8 Å². The minimum absolute atomic E-state index is 0.286. The van der Waals surface area contributed by atoms with Crippen molar-refractivity contribution in [1.82, 2.24) is 15.5 Å². The number of aryl methyl sites for hydroxylation is 2. The molecule has 22 heavy (non-hydrogen) atoms. The third-order valence-electron chi connectivity index (χ3n) is 3.25. The second kappa shape index (κ2) is 5.85. The summed E-state index contributed by atoms with van der Waals surface area (Å²) in [6.45, 7) is 4.15. The van der Waals surface area contributed by atoms with E-state index in [-0.39, 0.29) is 12.6 Å². The van der Waals surface area contributed by atoms with Gasteiger partial charge < -0.3 is 9.84 Å². The first-order chi connectivity index (χ1) is 10.6. The molecule has 0 saturated heterocycles. The Bertz CT molecular complexity index is 826. The molecule has 3 rings (SSSR count). The zero-order chi connectivity index (χ0) is 15.5. The van der Waals surface area contributed by atoms with Crippen molar-refractivity contribution < 1.29 is 9.32 Å². The molecule has 112 valence electrons. The predicted octanol–water partition coefficient (Wildman–Crippen LogP) is 3.16. The van der Waals surface area contributed by atoms with Gasteiger partial charge in [0.25, 0.3) is 0 Å². The lowest BCUT2D eigenvalue weighted by atomic mass is 10.1. The molecule has 0 atom stereocenters. The number of amides is 2. The summed E-state index contributed by atoms with van der Waals surface area (Å²) < 4.78 is 5.24. The standard InChI is InChI=1S/C16H16N4O2/c1-10-6-7-14-12(8-10)13(20-22-14)9-17-16(21)19-15-5-3-4-11(2)18-15/h3-8H,9H2,1-2H3,(H2,17,18,19,21). The van der Waals surface area contributed by atoms with Crippen molar-refractivity contribution in [3.8, 4) is 0 Å². The van der Waals surface area contributed by atoms with Crippen LogP contribution in [0.3, 0.4) is 0 Å². The molecule has 2 heterocycles. The normalized spacial score (nSPS) is 10.6. The summed E-state index contributed by atoms with van der Waals surface area (Å²) in [5.74, 6) is 0.512. The van der Waals surface area contributed by atoms with Gasteiger partial charge in [0.15, 0.2) is 5.58 Å². The average molecular weight is 296 g/mol. The first kappa shape index (κ1) is 14.1. The quantitative estimate of drug-likeness (QED) is 0.778. The largest absolute Gasteiger partial charge is 0.356 e. The van der Waals surface area contributed by atoms with Crippen LogP contribution in [-0.4, -0.2) is 16.2 Å². The van der Waals surface area contributed by atoms with Crippen LogP contribution in [0.4, 0.5) is 10.6 Å². The van der Waals surface area contributed by atoms with E-state index in [0.717, 1.165) is 16.6 Å². The Labute approximate surface area is 127 Å². The number of aromatic nitrogens is 2. The number of hydrogen-bond donors (Lipinski definition) is 2. The fraction of sp³-hybridized carbons (Fsp3) is 0.188. The van der Waals surface area contributed by atoms with Gasteiger partial charge in [-0.1, -0.05) is 22.9 Å². The molecule has 0 radical (unpaired) electrons. The minimum atomic E-state index is -0.332. The summed E-state index contributed by atoms with van der Waals surface area (Å²) in [5, 5.41) is 10.3. The third kappa shape index (κ3) is 3.06. The number of hydrogen-bond acceptors (Lipinski definition) is 4. The highest BCUT2D eigenvalue weighted by Gasteiger charge is 2.10. The van der Waals surface area contributed by atoms with E-state index in [1.54, 1.807) is 6.07 Å². The number of pyridine rings is 1. The monoisotopic (exact) mass is 296 g/mol. The Balaban J connectivity index is 1.66. The predicted molar refractivity (Wildman–Crippen MR) is 83.6 cm³/mol. The van der Waals surface area contributed by atoms with E-state index < -0.39 is 0 Å². The van der Waals surface area contributed by atoms with Gasteiger partial charge in [0.05, 0.1) is 6.54 Å². The van der Waals surface area contributed by atoms with Crippen LogP contribution in [0.1, 0.15) is 17.0 Å². The number of rotatable bonds is 3. The molecule has 0 unspecified atom stereocenters. The minimum Gasteiger partial charge on any atom is -0.356 e. The van der Waals surface area contributed by atoms with Crippen LogP contribution in [0.2, 0.25) is 0 Å². The first-order valence-electron chi connectivity index (χ1n) is 6.95. The van der Waals surface area contributed by atoms with Crippen molar-refractivity contribution in [2.24, 2.45) is 0 Å². The lowest BCUT2D eigenvalue weighted by molar-refractivity contribution is 0.251. The fourth-order valence-electron chi connectivity index (χ4n) is 2.17. The summed E-state index contributed by atoms with van der Waals surface area (Å²) in [6.07, 6.45) is 0. The Kier molecular flexibility index (Phi) is 3.74. The first-order valence-corrected chi connectivity index (χ1v) is 6.95. The van der Waals surface area contributed by atoms with Gasteiger partial charge in [0, 0.05) is 11.1 Å². The fourth-order valence-corrected chi connectivity index (χ4v) is 2.17. The van der Waals surface area contributed by atoms with E-state index in [4.69, 9.17) is 4.52 Å². The number of nitrogens with one attached hydrogen (secondary N) is 2. The second-order valence-electron chi connectivity index (χ2n) is 5.10. The molecular formula is C16H16N4O2. The molecule has 2 N–H and O–H groups in total. The van der Waals surface area contributed by atoms with E-state index in [0.29, 0.717) is 17.1 Å². The summed E-state index contributed by atoms with van der Waals surface area (Å²) >= 11 is 0. The van der Waals surface area contributed by atoms with Crippen LogP contribution < -0.4 is 10.6 Å². The highest BCUT2D eigenvalue weighted by atomic mass is 16.5. The number of benzene rings is 1. The Morgan fingerprint density at radius 3 is 2.91 bits per heavy atom. The summed E-state index contributed by atoms with van der Waals surface area (Å²) in [6, 6.07) is 10.9. The van der Waals surface area contributed by atoms with Crippen molar-refractivity contribution in [2.45, 2.75) is 20.4 Å². The lowest BCUT2D eigenvalue weighted by Gasteiger charge is -2.06. The Morgan fingerprint density at radius 2 is 2.09 bits per heavy atom. The molecule has 0 aliphatic heterocycles. The number of carbonyl (C=O) groups excluding carboxylic acids is 1. The molecule has 0 saturated carbocycles. The zero-order valence-corrected chi connectivity index (χ0v) is 12.4. The number of nitrogens with zero attached hydrogens (tertiary/aromatic N) is 2. The van der Waals surface area contributed by atoms with Crippen LogP contribution in [-0.2, 0) is 6.54 Å². The second-order valence-corrected chi connectivity index (χ2v) is 5.10. The van der Waals surface area contributed by atoms with E-state index in [1.165, 1.54) is 0 Å². The molecule has 0 aliphatic carbocycles. The molecule has 0 spiro atoms. The molecule has 0 fully saturated rings. The Hall–Kier alpha value is -2.89. The van der Waals surface area contributed by atoms with Gasteiger partial charge in [-0.3, -0.25) is 5.32 Å². The van der Waals surface area contributed by atoms with Crippen LogP contribution in [0, 0.1) is 13.8 Å². The number of carbonyl (C=O) groups is 1. The third-order valence-corrected chi connectivity index (χ3v) is 3.25. The van der Waals surface area contributed by atoms with Crippen LogP contribution in [0.15, 0.2) is 40.9 Å². The molecule has 0 aliphatic rings. The van der Waals surface area contributed by atoms with Crippen molar-refractivity contribution >= 4 is 22.8 Å². The smallest absolute Gasteiger partial charge is 0.320 e. The zero-order valence-electron chi connectivity index (χ0n) is 12.4. The van der Waals surface area contributed by atoms with Gasteiger partial charge in [0.2, 0.25) is 0 Å². The maximum Gasteiger partial charge on any atom is 0.320 e. The van der Waals surface area contributed by atoms with Crippen molar-refractivity contribution in [3.05, 3.63) is 53.3 Å². The molecule has 1 aromatic carbocycles. The molecule has 6 heteroatoms. The van der Waals surface area contributed by atoms with E-state index in [9.17, 15) is 4.79 Å². The van der Waals surface area contributed by atoms with Gasteiger partial charge in [0.1, 0.15) is 11.5 Å². The topological polar surface area (TPSA) is 80.0 Å². The van der Waals surface area contributed by atoms with Gasteiger partial charge in [-0.2, -0.15) is 0 Å². The Morgan fingerprint density at radius 1 is 1.23 bits per heavy atom.